The van der Waals surface area contributed by atoms with Crippen LogP contribution >= 0.6 is 11.6 Å². The minimum Gasteiger partial charge on any atom is -0.398 e. The van der Waals surface area contributed by atoms with Crippen LogP contribution in [0, 0.1) is 0 Å². The van der Waals surface area contributed by atoms with Crippen LogP contribution in [0.3, 0.4) is 0 Å². The van der Waals surface area contributed by atoms with Gasteiger partial charge >= 0.3 is 0 Å². The number of carbonyl (C=O) groups is 1. The van der Waals surface area contributed by atoms with Crippen LogP contribution in [-0.2, 0) is 0 Å². The van der Waals surface area contributed by atoms with Gasteiger partial charge in [0, 0.05) is 0 Å². The van der Waals surface area contributed by atoms with E-state index in [1.54, 1.807) is 18.2 Å². The number of halogens is 1. The molecule has 4 nitrogen and oxygen atoms in total. The van der Waals surface area contributed by atoms with Crippen LogP contribution in [0.25, 0.3) is 0 Å². The van der Waals surface area contributed by atoms with Gasteiger partial charge < -0.3 is 16.2 Å². The average molecular weight is 269 g/mol. The zero-order chi connectivity index (χ0) is 13.1. The molecule has 5 heteroatoms. The number of rotatable bonds is 2. The summed E-state index contributed by atoms with van der Waals surface area (Å²) in [6.07, 6.45) is 3.09. The molecule has 0 unspecified atom stereocenters. The van der Waals surface area contributed by atoms with Crippen LogP contribution in [-0.4, -0.2) is 23.2 Å². The molecule has 1 amide bonds. The molecule has 1 fully saturated rings. The largest absolute Gasteiger partial charge is 0.398 e. The Kier molecular flexibility index (Phi) is 4.09. The minimum atomic E-state index is -0.470. The van der Waals surface area contributed by atoms with Crippen LogP contribution < -0.4 is 11.1 Å². The molecule has 0 heterocycles. The van der Waals surface area contributed by atoms with E-state index in [9.17, 15) is 9.90 Å². The van der Waals surface area contributed by atoms with Gasteiger partial charge in [0.2, 0.25) is 0 Å². The summed E-state index contributed by atoms with van der Waals surface area (Å²) in [7, 11) is 0. The molecule has 0 aliphatic heterocycles. The number of amides is 1. The Hall–Kier alpha value is -1.26. The van der Waals surface area contributed by atoms with Crippen molar-refractivity contribution in [1.29, 1.82) is 0 Å². The lowest BCUT2D eigenvalue weighted by Crippen LogP contribution is -2.45. The van der Waals surface area contributed by atoms with Gasteiger partial charge in [-0.25, -0.2) is 0 Å². The van der Waals surface area contributed by atoms with Crippen molar-refractivity contribution in [3.05, 3.63) is 28.8 Å². The first-order valence-electron chi connectivity index (χ1n) is 6.12. The number of hydrogen-bond donors (Lipinski definition) is 3. The number of aliphatic hydroxyl groups excluding tert-OH is 1. The molecule has 0 bridgehead atoms. The van der Waals surface area contributed by atoms with Gasteiger partial charge in [-0.05, 0) is 25.0 Å². The Labute approximate surface area is 111 Å². The number of nitrogens with two attached hydrogens (primary N) is 1. The topological polar surface area (TPSA) is 75.4 Å². The first kappa shape index (κ1) is 13.2. The van der Waals surface area contributed by atoms with E-state index in [1.807, 2.05) is 0 Å². The Balaban J connectivity index is 2.09. The van der Waals surface area contributed by atoms with Crippen LogP contribution in [0.2, 0.25) is 5.02 Å². The second-order valence-corrected chi connectivity index (χ2v) is 5.02. The molecule has 0 aromatic heterocycles. The summed E-state index contributed by atoms with van der Waals surface area (Å²) in [6.45, 7) is 0. The van der Waals surface area contributed by atoms with Gasteiger partial charge in [-0.2, -0.15) is 0 Å². The van der Waals surface area contributed by atoms with E-state index in [-0.39, 0.29) is 17.0 Å². The smallest absolute Gasteiger partial charge is 0.253 e. The van der Waals surface area contributed by atoms with Gasteiger partial charge in [0.1, 0.15) is 0 Å². The predicted octanol–water partition coefficient (Wildman–Crippen LogP) is 1.96. The summed E-state index contributed by atoms with van der Waals surface area (Å²) in [4.78, 5) is 12.1. The molecule has 0 spiro atoms. The third-order valence-electron chi connectivity index (χ3n) is 3.32. The highest BCUT2D eigenvalue weighted by molar-refractivity contribution is 6.36. The van der Waals surface area contributed by atoms with Crippen molar-refractivity contribution in [2.45, 2.75) is 37.8 Å². The van der Waals surface area contributed by atoms with Crippen molar-refractivity contribution in [1.82, 2.24) is 5.32 Å². The Morgan fingerprint density at radius 3 is 2.83 bits per heavy atom. The first-order chi connectivity index (χ1) is 8.59. The third kappa shape index (κ3) is 2.76. The lowest BCUT2D eigenvalue weighted by atomic mass is 9.92. The lowest BCUT2D eigenvalue weighted by molar-refractivity contribution is 0.0717. The number of aliphatic hydroxyl groups is 1. The molecule has 98 valence electrons. The number of benzene rings is 1. The van der Waals surface area contributed by atoms with E-state index in [4.69, 9.17) is 17.3 Å². The molecule has 2 rings (SSSR count). The lowest BCUT2D eigenvalue weighted by Gasteiger charge is -2.28. The summed E-state index contributed by atoms with van der Waals surface area (Å²) in [5.74, 6) is -0.279. The summed E-state index contributed by atoms with van der Waals surface area (Å²) < 4.78 is 0. The summed E-state index contributed by atoms with van der Waals surface area (Å²) >= 11 is 5.99. The van der Waals surface area contributed by atoms with Crippen LogP contribution in [0.1, 0.15) is 36.0 Å². The van der Waals surface area contributed by atoms with Gasteiger partial charge in [-0.15, -0.1) is 0 Å². The van der Waals surface area contributed by atoms with Crippen molar-refractivity contribution in [3.8, 4) is 0 Å². The van der Waals surface area contributed by atoms with Gasteiger partial charge in [0.15, 0.2) is 0 Å². The standard InChI is InChI=1S/C13H17ClN2O2/c14-12-8(4-3-5-9(12)15)13(18)16-10-6-1-2-7-11(10)17/h3-5,10-11,17H,1-2,6-7,15H2,(H,16,18)/t10-,11-/m0/s1. The minimum absolute atomic E-state index is 0.191. The molecule has 1 aliphatic rings. The molecule has 1 aromatic rings. The maximum Gasteiger partial charge on any atom is 0.253 e. The first-order valence-corrected chi connectivity index (χ1v) is 6.50. The number of nitrogens with one attached hydrogen (secondary N) is 1. The fourth-order valence-corrected chi connectivity index (χ4v) is 2.46. The average Bonchev–Trinajstić information content (AvgIpc) is 2.35. The highest BCUT2D eigenvalue weighted by Gasteiger charge is 2.25. The van der Waals surface area contributed by atoms with Crippen LogP contribution in [0.15, 0.2) is 18.2 Å². The highest BCUT2D eigenvalue weighted by atomic mass is 35.5. The highest BCUT2D eigenvalue weighted by Crippen LogP contribution is 2.24. The van der Waals surface area contributed by atoms with E-state index >= 15 is 0 Å². The molecule has 1 aromatic carbocycles. The number of carbonyl (C=O) groups excluding carboxylic acids is 1. The van der Waals surface area contributed by atoms with E-state index in [0.29, 0.717) is 11.3 Å². The third-order valence-corrected chi connectivity index (χ3v) is 3.74. The van der Waals surface area contributed by atoms with Gasteiger partial charge in [-0.1, -0.05) is 30.5 Å². The van der Waals surface area contributed by atoms with Crippen LogP contribution in [0.5, 0.6) is 0 Å². The van der Waals surface area contributed by atoms with Crippen molar-refractivity contribution < 1.29 is 9.90 Å². The molecule has 1 aliphatic carbocycles. The summed E-state index contributed by atoms with van der Waals surface area (Å²) in [5, 5.41) is 12.9. The zero-order valence-corrected chi connectivity index (χ0v) is 10.8. The SMILES string of the molecule is Nc1cccc(C(=O)N[C@H]2CCCC[C@@H]2O)c1Cl. The fraction of sp³-hybridized carbons (Fsp3) is 0.462. The fourth-order valence-electron chi connectivity index (χ4n) is 2.25. The number of nitrogen functional groups attached to an aromatic ring is 1. The second kappa shape index (κ2) is 5.59. The Bertz CT molecular complexity index is 451. The molecule has 0 radical (unpaired) electrons. The molecule has 1 saturated carbocycles. The zero-order valence-electron chi connectivity index (χ0n) is 10.0. The molecular formula is C13H17ClN2O2. The maximum absolute atomic E-state index is 12.1. The maximum atomic E-state index is 12.1. The predicted molar refractivity (Wildman–Crippen MR) is 71.6 cm³/mol. The Morgan fingerprint density at radius 1 is 1.39 bits per heavy atom. The van der Waals surface area contributed by atoms with Crippen molar-refractivity contribution in [2.24, 2.45) is 0 Å². The van der Waals surface area contributed by atoms with Crippen LogP contribution in [0.4, 0.5) is 5.69 Å². The second-order valence-electron chi connectivity index (χ2n) is 4.64. The molecule has 18 heavy (non-hydrogen) atoms. The van der Waals surface area contributed by atoms with Crippen molar-refractivity contribution in [3.63, 3.8) is 0 Å². The van der Waals surface area contributed by atoms with Crippen molar-refractivity contribution in [2.75, 3.05) is 5.73 Å². The molecular weight excluding hydrogens is 252 g/mol. The molecule has 4 N–H and O–H groups in total. The number of hydrogen-bond acceptors (Lipinski definition) is 3. The molecule has 0 saturated heterocycles. The normalized spacial score (nSPS) is 23.7. The van der Waals surface area contributed by atoms with E-state index < -0.39 is 6.10 Å². The van der Waals surface area contributed by atoms with Gasteiger partial charge in [-0.3, -0.25) is 4.79 Å². The number of anilines is 1. The quantitative estimate of drug-likeness (QED) is 0.718. The monoisotopic (exact) mass is 268 g/mol. The summed E-state index contributed by atoms with van der Waals surface area (Å²) in [6, 6.07) is 4.77. The van der Waals surface area contributed by atoms with Gasteiger partial charge in [0.05, 0.1) is 28.4 Å². The van der Waals surface area contributed by atoms with Gasteiger partial charge in [0.25, 0.3) is 5.91 Å². The van der Waals surface area contributed by atoms with E-state index in [2.05, 4.69) is 5.32 Å². The van der Waals surface area contributed by atoms with E-state index in [0.717, 1.165) is 25.7 Å². The summed E-state index contributed by atoms with van der Waals surface area (Å²) in [5.41, 5.74) is 6.40. The van der Waals surface area contributed by atoms with E-state index in [1.165, 1.54) is 0 Å². The molecule has 2 atom stereocenters. The Morgan fingerprint density at radius 2 is 2.11 bits per heavy atom. The van der Waals surface area contributed by atoms with Crippen molar-refractivity contribution >= 4 is 23.2 Å².